The van der Waals surface area contributed by atoms with Crippen molar-refractivity contribution in [1.82, 2.24) is 4.90 Å². The molecule has 0 aliphatic rings. The third-order valence-electron chi connectivity index (χ3n) is 4.00. The minimum atomic E-state index is 0.595. The van der Waals surface area contributed by atoms with Gasteiger partial charge in [-0.3, -0.25) is 0 Å². The van der Waals surface area contributed by atoms with Crippen molar-refractivity contribution in [1.29, 1.82) is 0 Å². The number of rotatable bonds is 8. The Morgan fingerprint density at radius 1 is 0.808 bits per heavy atom. The maximum absolute atomic E-state index is 6.11. The maximum atomic E-state index is 6.11. The molecule has 0 spiro atoms. The summed E-state index contributed by atoms with van der Waals surface area (Å²) in [5.41, 5.74) is 3.76. The summed E-state index contributed by atoms with van der Waals surface area (Å²) in [4.78, 5) is 3.45. The minimum Gasteiger partial charge on any atom is -0.489 e. The summed E-state index contributed by atoms with van der Waals surface area (Å²) in [6, 6.07) is 27.4. The van der Waals surface area contributed by atoms with Gasteiger partial charge in [0.2, 0.25) is 0 Å². The van der Waals surface area contributed by atoms with Crippen LogP contribution in [0.2, 0.25) is 0 Å². The zero-order chi connectivity index (χ0) is 18.2. The van der Waals surface area contributed by atoms with Crippen LogP contribution in [0.15, 0.2) is 83.8 Å². The number of benzene rings is 3. The molecule has 0 amide bonds. The highest BCUT2D eigenvalue weighted by Gasteiger charge is 2.08. The molecule has 0 radical (unpaired) electrons. The Bertz CT molecular complexity index is 803. The molecule has 0 atom stereocenters. The van der Waals surface area contributed by atoms with Crippen molar-refractivity contribution in [2.24, 2.45) is 0 Å². The average molecular weight is 364 g/mol. The Hall–Kier alpha value is -2.23. The lowest BCUT2D eigenvalue weighted by Crippen LogP contribution is -2.12. The van der Waals surface area contributed by atoms with E-state index in [4.69, 9.17) is 4.74 Å². The molecular formula is C23H25NOS. The Balaban J connectivity index is 1.70. The molecule has 0 N–H and O–H groups in total. The predicted molar refractivity (Wildman–Crippen MR) is 111 cm³/mol. The van der Waals surface area contributed by atoms with Crippen molar-refractivity contribution in [3.8, 4) is 5.75 Å². The SMILES string of the molecule is CN(C)Cc1cc(SCc2ccccc2)ccc1OCc1ccccc1. The van der Waals surface area contributed by atoms with Crippen LogP contribution < -0.4 is 4.74 Å². The topological polar surface area (TPSA) is 12.5 Å². The van der Waals surface area contributed by atoms with Crippen LogP contribution in [-0.2, 0) is 18.9 Å². The lowest BCUT2D eigenvalue weighted by molar-refractivity contribution is 0.295. The fourth-order valence-electron chi connectivity index (χ4n) is 2.73. The van der Waals surface area contributed by atoms with E-state index in [9.17, 15) is 0 Å². The van der Waals surface area contributed by atoms with Crippen molar-refractivity contribution in [2.45, 2.75) is 23.8 Å². The van der Waals surface area contributed by atoms with Crippen molar-refractivity contribution in [3.63, 3.8) is 0 Å². The summed E-state index contributed by atoms with van der Waals surface area (Å²) in [5, 5.41) is 0. The van der Waals surface area contributed by atoms with Gasteiger partial charge in [-0.25, -0.2) is 0 Å². The van der Waals surface area contributed by atoms with Crippen LogP contribution in [0.5, 0.6) is 5.75 Å². The highest BCUT2D eigenvalue weighted by atomic mass is 32.2. The number of hydrogen-bond donors (Lipinski definition) is 0. The Labute approximate surface area is 160 Å². The molecule has 0 fully saturated rings. The zero-order valence-electron chi connectivity index (χ0n) is 15.4. The third-order valence-corrected chi connectivity index (χ3v) is 5.07. The van der Waals surface area contributed by atoms with Gasteiger partial charge >= 0.3 is 0 Å². The molecule has 0 saturated carbocycles. The molecule has 0 heterocycles. The summed E-state index contributed by atoms with van der Waals surface area (Å²) in [7, 11) is 4.18. The highest BCUT2D eigenvalue weighted by Crippen LogP contribution is 2.29. The van der Waals surface area contributed by atoms with Crippen LogP contribution >= 0.6 is 11.8 Å². The quantitative estimate of drug-likeness (QED) is 0.482. The fraction of sp³-hybridized carbons (Fsp3) is 0.217. The van der Waals surface area contributed by atoms with E-state index in [0.717, 1.165) is 18.0 Å². The van der Waals surface area contributed by atoms with Crippen molar-refractivity contribution >= 4 is 11.8 Å². The van der Waals surface area contributed by atoms with Crippen LogP contribution in [0.1, 0.15) is 16.7 Å². The first kappa shape index (κ1) is 18.6. The molecule has 3 rings (SSSR count). The van der Waals surface area contributed by atoms with E-state index in [1.807, 2.05) is 30.0 Å². The lowest BCUT2D eigenvalue weighted by Gasteiger charge is -2.16. The zero-order valence-corrected chi connectivity index (χ0v) is 16.2. The van der Waals surface area contributed by atoms with Gasteiger partial charge in [-0.15, -0.1) is 11.8 Å². The highest BCUT2D eigenvalue weighted by molar-refractivity contribution is 7.98. The first-order valence-electron chi connectivity index (χ1n) is 8.82. The second-order valence-corrected chi connectivity index (χ2v) is 7.60. The van der Waals surface area contributed by atoms with E-state index in [1.165, 1.54) is 21.6 Å². The third kappa shape index (κ3) is 5.65. The summed E-state index contributed by atoms with van der Waals surface area (Å²) in [6.45, 7) is 1.46. The molecule has 0 saturated heterocycles. The molecule has 0 bridgehead atoms. The minimum absolute atomic E-state index is 0.595. The molecule has 3 aromatic rings. The Morgan fingerprint density at radius 3 is 2.12 bits per heavy atom. The molecule has 0 aliphatic heterocycles. The molecule has 0 aromatic heterocycles. The van der Waals surface area contributed by atoms with Gasteiger partial charge in [0.25, 0.3) is 0 Å². The van der Waals surface area contributed by atoms with E-state index in [-0.39, 0.29) is 0 Å². The van der Waals surface area contributed by atoms with Crippen LogP contribution in [0.3, 0.4) is 0 Å². The van der Waals surface area contributed by atoms with E-state index < -0.39 is 0 Å². The lowest BCUT2D eigenvalue weighted by atomic mass is 10.2. The second-order valence-electron chi connectivity index (χ2n) is 6.56. The standard InChI is InChI=1S/C23H25NOS/c1-24(2)16-21-15-22(26-18-20-11-7-4-8-12-20)13-14-23(21)25-17-19-9-5-3-6-10-19/h3-15H,16-18H2,1-2H3. The second kappa shape index (κ2) is 9.46. The summed E-state index contributed by atoms with van der Waals surface area (Å²) >= 11 is 1.86. The largest absolute Gasteiger partial charge is 0.489 e. The first-order valence-corrected chi connectivity index (χ1v) is 9.80. The van der Waals surface area contributed by atoms with Crippen LogP contribution in [0.4, 0.5) is 0 Å². The molecule has 0 aliphatic carbocycles. The van der Waals surface area contributed by atoms with Crippen LogP contribution in [0, 0.1) is 0 Å². The molecule has 3 aromatic carbocycles. The van der Waals surface area contributed by atoms with Crippen molar-refractivity contribution in [2.75, 3.05) is 14.1 Å². The normalized spacial score (nSPS) is 10.9. The maximum Gasteiger partial charge on any atom is 0.124 e. The van der Waals surface area contributed by atoms with Gasteiger partial charge in [0, 0.05) is 22.8 Å². The fourth-order valence-corrected chi connectivity index (χ4v) is 3.64. The van der Waals surface area contributed by atoms with Gasteiger partial charge in [0.15, 0.2) is 0 Å². The van der Waals surface area contributed by atoms with E-state index >= 15 is 0 Å². The van der Waals surface area contributed by atoms with Gasteiger partial charge in [-0.05, 0) is 43.4 Å². The number of nitrogens with zero attached hydrogens (tertiary/aromatic N) is 1. The van der Waals surface area contributed by atoms with E-state index in [1.54, 1.807) is 0 Å². The van der Waals surface area contributed by atoms with Gasteiger partial charge in [0.05, 0.1) is 0 Å². The molecule has 0 unspecified atom stereocenters. The van der Waals surface area contributed by atoms with Gasteiger partial charge in [-0.2, -0.15) is 0 Å². The number of hydrogen-bond acceptors (Lipinski definition) is 3. The van der Waals surface area contributed by atoms with Crippen molar-refractivity contribution < 1.29 is 4.74 Å². The summed E-state index contributed by atoms with van der Waals surface area (Å²) < 4.78 is 6.11. The van der Waals surface area contributed by atoms with E-state index in [0.29, 0.717) is 6.61 Å². The van der Waals surface area contributed by atoms with Gasteiger partial charge < -0.3 is 9.64 Å². The smallest absolute Gasteiger partial charge is 0.124 e. The van der Waals surface area contributed by atoms with Crippen LogP contribution in [-0.4, -0.2) is 19.0 Å². The van der Waals surface area contributed by atoms with Gasteiger partial charge in [-0.1, -0.05) is 60.7 Å². The number of ether oxygens (including phenoxy) is 1. The summed E-state index contributed by atoms with van der Waals surface area (Å²) in [5.74, 6) is 1.94. The Kier molecular flexibility index (Phi) is 6.75. The molecule has 134 valence electrons. The number of thioether (sulfide) groups is 1. The summed E-state index contributed by atoms with van der Waals surface area (Å²) in [6.07, 6.45) is 0. The monoisotopic (exact) mass is 363 g/mol. The Morgan fingerprint density at radius 2 is 1.46 bits per heavy atom. The average Bonchev–Trinajstić information content (AvgIpc) is 2.67. The molecule has 26 heavy (non-hydrogen) atoms. The molecular weight excluding hydrogens is 338 g/mol. The first-order chi connectivity index (χ1) is 12.7. The van der Waals surface area contributed by atoms with Crippen molar-refractivity contribution in [3.05, 3.63) is 95.6 Å². The van der Waals surface area contributed by atoms with E-state index in [2.05, 4.69) is 79.7 Å². The van der Waals surface area contributed by atoms with Crippen LogP contribution in [0.25, 0.3) is 0 Å². The van der Waals surface area contributed by atoms with Gasteiger partial charge in [0.1, 0.15) is 12.4 Å². The molecule has 2 nitrogen and oxygen atoms in total. The molecule has 3 heteroatoms. The predicted octanol–water partition coefficient (Wildman–Crippen LogP) is 5.62.